The first-order valence-electron chi connectivity index (χ1n) is 5.40. The quantitative estimate of drug-likeness (QED) is 0.785. The van der Waals surface area contributed by atoms with E-state index in [1.807, 2.05) is 6.20 Å². The van der Waals surface area contributed by atoms with Crippen molar-refractivity contribution in [2.45, 2.75) is 32.7 Å². The molecule has 0 spiro atoms. The second kappa shape index (κ2) is 4.47. The van der Waals surface area contributed by atoms with Crippen LogP contribution in [0.2, 0.25) is 0 Å². The Kier molecular flexibility index (Phi) is 3.24. The zero-order valence-corrected chi connectivity index (χ0v) is 10.7. The van der Waals surface area contributed by atoms with E-state index in [0.717, 1.165) is 22.8 Å². The first-order chi connectivity index (χ1) is 7.18. The van der Waals surface area contributed by atoms with Crippen LogP contribution in [0.5, 0.6) is 0 Å². The van der Waals surface area contributed by atoms with Crippen LogP contribution in [0.15, 0.2) is 17.0 Å². The Hall–Kier alpha value is -0.640. The van der Waals surface area contributed by atoms with Crippen LogP contribution in [-0.2, 0) is 0 Å². The molecule has 2 unspecified atom stereocenters. The van der Waals surface area contributed by atoms with E-state index < -0.39 is 0 Å². The molecule has 4 heteroatoms. The van der Waals surface area contributed by atoms with E-state index >= 15 is 0 Å². The molecule has 0 saturated carbocycles. The first-order valence-corrected chi connectivity index (χ1v) is 6.20. The summed E-state index contributed by atoms with van der Waals surface area (Å²) in [5.41, 5.74) is 0. The number of hydrogen-bond donors (Lipinski definition) is 0. The van der Waals surface area contributed by atoms with E-state index in [4.69, 9.17) is 0 Å². The standard InChI is InChI=1S/C11H16BrN3/c1-8-3-4-9(2)15(6-8)11-10(12)5-13-7-14-11/h5,7-9H,3-4,6H2,1-2H3. The zero-order valence-electron chi connectivity index (χ0n) is 9.15. The van der Waals surface area contributed by atoms with Crippen molar-refractivity contribution >= 4 is 21.7 Å². The molecule has 3 nitrogen and oxygen atoms in total. The molecule has 0 aromatic carbocycles. The Bertz CT molecular complexity index is 342. The summed E-state index contributed by atoms with van der Waals surface area (Å²) in [6, 6.07) is 0.576. The van der Waals surface area contributed by atoms with Crippen molar-refractivity contribution in [1.82, 2.24) is 9.97 Å². The van der Waals surface area contributed by atoms with Gasteiger partial charge in [0.25, 0.3) is 0 Å². The number of hydrogen-bond acceptors (Lipinski definition) is 3. The molecule has 2 atom stereocenters. The van der Waals surface area contributed by atoms with Gasteiger partial charge in [0.15, 0.2) is 0 Å². The van der Waals surface area contributed by atoms with E-state index in [-0.39, 0.29) is 0 Å². The molecule has 2 rings (SSSR count). The monoisotopic (exact) mass is 269 g/mol. The molecule has 82 valence electrons. The highest BCUT2D eigenvalue weighted by Gasteiger charge is 2.25. The normalized spacial score (nSPS) is 26.7. The number of rotatable bonds is 1. The molecule has 1 fully saturated rings. The average molecular weight is 270 g/mol. The summed E-state index contributed by atoms with van der Waals surface area (Å²) < 4.78 is 0.992. The third kappa shape index (κ3) is 2.30. The van der Waals surface area contributed by atoms with Gasteiger partial charge < -0.3 is 4.90 Å². The van der Waals surface area contributed by atoms with Gasteiger partial charge in [-0.15, -0.1) is 0 Å². The van der Waals surface area contributed by atoms with Crippen molar-refractivity contribution in [3.63, 3.8) is 0 Å². The van der Waals surface area contributed by atoms with Gasteiger partial charge >= 0.3 is 0 Å². The lowest BCUT2D eigenvalue weighted by atomic mass is 9.95. The van der Waals surface area contributed by atoms with Crippen LogP contribution in [0.25, 0.3) is 0 Å². The van der Waals surface area contributed by atoms with Crippen molar-refractivity contribution in [2.75, 3.05) is 11.4 Å². The molecule has 1 saturated heterocycles. The van der Waals surface area contributed by atoms with Crippen molar-refractivity contribution in [1.29, 1.82) is 0 Å². The van der Waals surface area contributed by atoms with Gasteiger partial charge in [0.2, 0.25) is 0 Å². The molecule has 1 aromatic heterocycles. The number of nitrogens with zero attached hydrogens (tertiary/aromatic N) is 3. The summed E-state index contributed by atoms with van der Waals surface area (Å²) in [5, 5.41) is 0. The molecule has 2 heterocycles. The minimum absolute atomic E-state index is 0.576. The maximum Gasteiger partial charge on any atom is 0.146 e. The minimum Gasteiger partial charge on any atom is -0.353 e. The lowest BCUT2D eigenvalue weighted by Crippen LogP contribution is -2.41. The maximum absolute atomic E-state index is 4.35. The molecule has 1 aromatic rings. The average Bonchev–Trinajstić information content (AvgIpc) is 2.23. The Morgan fingerprint density at radius 2 is 2.20 bits per heavy atom. The first kappa shape index (κ1) is 10.9. The summed E-state index contributed by atoms with van der Waals surface area (Å²) in [6.07, 6.45) is 6.00. The van der Waals surface area contributed by atoms with Gasteiger partial charge in [-0.3, -0.25) is 0 Å². The molecule has 0 bridgehead atoms. The number of halogens is 1. The van der Waals surface area contributed by atoms with Crippen molar-refractivity contribution < 1.29 is 0 Å². The van der Waals surface area contributed by atoms with E-state index in [2.05, 4.69) is 44.6 Å². The SMILES string of the molecule is CC1CCC(C)N(c2ncncc2Br)C1. The van der Waals surface area contributed by atoms with Gasteiger partial charge in [0.1, 0.15) is 12.1 Å². The van der Waals surface area contributed by atoms with Crippen LogP contribution in [0.4, 0.5) is 5.82 Å². The third-order valence-electron chi connectivity index (χ3n) is 3.04. The predicted octanol–water partition coefficient (Wildman–Crippen LogP) is 2.86. The lowest BCUT2D eigenvalue weighted by molar-refractivity contribution is 0.387. The molecular formula is C11H16BrN3. The van der Waals surface area contributed by atoms with Gasteiger partial charge in [-0.1, -0.05) is 6.92 Å². The Balaban J connectivity index is 2.25. The Labute approximate surface area is 99.0 Å². The van der Waals surface area contributed by atoms with Crippen molar-refractivity contribution in [3.05, 3.63) is 17.0 Å². The second-order valence-electron chi connectivity index (χ2n) is 4.38. The van der Waals surface area contributed by atoms with Crippen LogP contribution in [0.1, 0.15) is 26.7 Å². The summed E-state index contributed by atoms with van der Waals surface area (Å²) in [7, 11) is 0. The number of anilines is 1. The molecule has 15 heavy (non-hydrogen) atoms. The molecule has 1 aliphatic heterocycles. The Morgan fingerprint density at radius 3 is 2.93 bits per heavy atom. The van der Waals surface area contributed by atoms with Gasteiger partial charge in [0.05, 0.1) is 4.47 Å². The van der Waals surface area contributed by atoms with E-state index in [0.29, 0.717) is 6.04 Å². The van der Waals surface area contributed by atoms with E-state index in [1.165, 1.54) is 12.8 Å². The predicted molar refractivity (Wildman–Crippen MR) is 64.9 cm³/mol. The van der Waals surface area contributed by atoms with Crippen LogP contribution >= 0.6 is 15.9 Å². The summed E-state index contributed by atoms with van der Waals surface area (Å²) in [5.74, 6) is 1.78. The Morgan fingerprint density at radius 1 is 1.40 bits per heavy atom. The summed E-state index contributed by atoms with van der Waals surface area (Å²) in [6.45, 7) is 5.66. The zero-order chi connectivity index (χ0) is 10.8. The van der Waals surface area contributed by atoms with E-state index in [9.17, 15) is 0 Å². The fourth-order valence-corrected chi connectivity index (χ4v) is 2.55. The number of aromatic nitrogens is 2. The molecule has 0 aliphatic carbocycles. The highest BCUT2D eigenvalue weighted by atomic mass is 79.9. The molecular weight excluding hydrogens is 254 g/mol. The van der Waals surface area contributed by atoms with Crippen LogP contribution in [0.3, 0.4) is 0 Å². The third-order valence-corrected chi connectivity index (χ3v) is 3.60. The molecule has 0 radical (unpaired) electrons. The number of piperidine rings is 1. The fraction of sp³-hybridized carbons (Fsp3) is 0.636. The highest BCUT2D eigenvalue weighted by molar-refractivity contribution is 9.10. The molecule has 1 aliphatic rings. The lowest BCUT2D eigenvalue weighted by Gasteiger charge is -2.38. The van der Waals surface area contributed by atoms with Gasteiger partial charge in [-0.25, -0.2) is 9.97 Å². The van der Waals surface area contributed by atoms with Crippen molar-refractivity contribution in [2.24, 2.45) is 5.92 Å². The van der Waals surface area contributed by atoms with Gasteiger partial charge in [0, 0.05) is 18.8 Å². The molecule has 0 amide bonds. The van der Waals surface area contributed by atoms with E-state index in [1.54, 1.807) is 6.33 Å². The fourth-order valence-electron chi connectivity index (χ4n) is 2.10. The van der Waals surface area contributed by atoms with Gasteiger partial charge in [-0.2, -0.15) is 0 Å². The minimum atomic E-state index is 0.576. The van der Waals surface area contributed by atoms with Crippen LogP contribution in [0, 0.1) is 5.92 Å². The van der Waals surface area contributed by atoms with Crippen molar-refractivity contribution in [3.8, 4) is 0 Å². The second-order valence-corrected chi connectivity index (χ2v) is 5.23. The maximum atomic E-state index is 4.35. The molecule has 0 N–H and O–H groups in total. The van der Waals surface area contributed by atoms with Gasteiger partial charge in [-0.05, 0) is 41.6 Å². The van der Waals surface area contributed by atoms with Crippen LogP contribution in [-0.4, -0.2) is 22.6 Å². The summed E-state index contributed by atoms with van der Waals surface area (Å²) in [4.78, 5) is 10.7. The topological polar surface area (TPSA) is 29.0 Å². The largest absolute Gasteiger partial charge is 0.353 e. The van der Waals surface area contributed by atoms with Crippen LogP contribution < -0.4 is 4.90 Å². The smallest absolute Gasteiger partial charge is 0.146 e. The highest BCUT2D eigenvalue weighted by Crippen LogP contribution is 2.30. The summed E-state index contributed by atoms with van der Waals surface area (Å²) >= 11 is 3.51.